The standard InChI is InChI=1S/C27H20F4N4O2/c1-36-24-10-7-15(11-25(24)37-2)34-26-33-14-23-22(35-26)12-18-19(13-32-23)16(8-9-20(18)27(29,30)31)17-5-3-4-6-21(17)28/h3-14,32H,1-2H3,(H,33,34,35). The Kier molecular flexibility index (Phi) is 6.16. The van der Waals surface area contributed by atoms with E-state index in [2.05, 4.69) is 20.6 Å². The average Bonchev–Trinajstić information content (AvgIpc) is 3.07. The van der Waals surface area contributed by atoms with Crippen LogP contribution in [0.2, 0.25) is 0 Å². The molecule has 0 atom stereocenters. The highest BCUT2D eigenvalue weighted by Crippen LogP contribution is 2.31. The molecule has 4 aromatic rings. The third-order valence-electron chi connectivity index (χ3n) is 5.87. The minimum absolute atomic E-state index is 0.129. The summed E-state index contributed by atoms with van der Waals surface area (Å²) in [4.78, 5) is 8.71. The summed E-state index contributed by atoms with van der Waals surface area (Å²) in [5.41, 5.74) is 0.845. The molecule has 3 aromatic carbocycles. The zero-order valence-corrected chi connectivity index (χ0v) is 19.7. The van der Waals surface area contributed by atoms with Crippen LogP contribution >= 0.6 is 0 Å². The van der Waals surface area contributed by atoms with Gasteiger partial charge in [0.05, 0.1) is 37.4 Å². The first-order valence-electron chi connectivity index (χ1n) is 11.1. The lowest BCUT2D eigenvalue weighted by molar-refractivity contribution is -0.138. The Labute approximate surface area is 208 Å². The molecule has 0 unspecified atom stereocenters. The van der Waals surface area contributed by atoms with Crippen molar-refractivity contribution in [1.82, 2.24) is 9.97 Å². The Hall–Kier alpha value is -4.60. The number of fused-ring (bicyclic) bond motifs is 2. The maximum absolute atomic E-state index is 14.6. The summed E-state index contributed by atoms with van der Waals surface area (Å²) in [6, 6.07) is 13.3. The molecule has 37 heavy (non-hydrogen) atoms. The quantitative estimate of drug-likeness (QED) is 0.368. The van der Waals surface area contributed by atoms with Gasteiger partial charge in [-0.15, -0.1) is 0 Å². The van der Waals surface area contributed by atoms with Crippen LogP contribution in [0.5, 0.6) is 11.5 Å². The molecule has 0 spiro atoms. The zero-order valence-electron chi connectivity index (χ0n) is 19.7. The predicted molar refractivity (Wildman–Crippen MR) is 133 cm³/mol. The predicted octanol–water partition coefficient (Wildman–Crippen LogP) is 5.05. The lowest BCUT2D eigenvalue weighted by Crippen LogP contribution is -2.34. The Morgan fingerprint density at radius 3 is 2.41 bits per heavy atom. The van der Waals surface area contributed by atoms with Gasteiger partial charge in [0.15, 0.2) is 11.5 Å². The fraction of sp³-hybridized carbons (Fsp3) is 0.111. The molecule has 1 aliphatic heterocycles. The lowest BCUT2D eigenvalue weighted by atomic mass is 9.98. The van der Waals surface area contributed by atoms with Gasteiger partial charge in [-0.05, 0) is 41.1 Å². The molecule has 188 valence electrons. The zero-order chi connectivity index (χ0) is 26.2. The fourth-order valence-corrected chi connectivity index (χ4v) is 4.12. The third kappa shape index (κ3) is 4.65. The van der Waals surface area contributed by atoms with Gasteiger partial charge < -0.3 is 20.1 Å². The SMILES string of the molecule is COc1ccc(Nc2ncc3c(n2)C=c2c(C(F)(F)F)ccc(-c4ccccc4F)c2=CN3)cc1OC. The minimum Gasteiger partial charge on any atom is -0.493 e. The number of nitrogens with one attached hydrogen (secondary N) is 2. The highest BCUT2D eigenvalue weighted by molar-refractivity contribution is 5.76. The number of nitrogens with zero attached hydrogens (tertiary/aromatic N) is 2. The summed E-state index contributed by atoms with van der Waals surface area (Å²) in [5.74, 6) is 0.632. The van der Waals surface area contributed by atoms with Crippen molar-refractivity contribution in [2.75, 3.05) is 24.9 Å². The number of benzene rings is 3. The molecule has 1 aromatic heterocycles. The van der Waals surface area contributed by atoms with E-state index < -0.39 is 17.6 Å². The van der Waals surface area contributed by atoms with Gasteiger partial charge in [-0.1, -0.05) is 24.3 Å². The number of hydrogen-bond donors (Lipinski definition) is 2. The first kappa shape index (κ1) is 24.1. The molecule has 0 fully saturated rings. The number of hydrogen-bond acceptors (Lipinski definition) is 6. The smallest absolute Gasteiger partial charge is 0.417 e. The molecule has 0 aliphatic carbocycles. The second kappa shape index (κ2) is 9.45. The van der Waals surface area contributed by atoms with Crippen molar-refractivity contribution in [3.05, 3.63) is 88.3 Å². The van der Waals surface area contributed by atoms with E-state index in [-0.39, 0.29) is 27.6 Å². The van der Waals surface area contributed by atoms with Gasteiger partial charge in [-0.3, -0.25) is 0 Å². The van der Waals surface area contributed by atoms with E-state index in [0.717, 1.165) is 6.07 Å². The van der Waals surface area contributed by atoms with Crippen LogP contribution < -0.4 is 30.5 Å². The Bertz CT molecular complexity index is 1620. The fourth-order valence-electron chi connectivity index (χ4n) is 4.12. The van der Waals surface area contributed by atoms with Gasteiger partial charge in [0, 0.05) is 28.7 Å². The van der Waals surface area contributed by atoms with E-state index in [0.29, 0.717) is 28.4 Å². The van der Waals surface area contributed by atoms with Crippen molar-refractivity contribution in [2.24, 2.45) is 0 Å². The molecule has 0 amide bonds. The number of ether oxygens (including phenoxy) is 2. The van der Waals surface area contributed by atoms with Crippen LogP contribution in [0.1, 0.15) is 11.3 Å². The van der Waals surface area contributed by atoms with E-state index in [9.17, 15) is 17.6 Å². The van der Waals surface area contributed by atoms with Crippen LogP contribution in [0.25, 0.3) is 23.4 Å². The monoisotopic (exact) mass is 508 g/mol. The van der Waals surface area contributed by atoms with E-state index in [4.69, 9.17) is 9.47 Å². The van der Waals surface area contributed by atoms with Crippen molar-refractivity contribution in [1.29, 1.82) is 0 Å². The Balaban J connectivity index is 1.65. The number of anilines is 3. The average molecular weight is 508 g/mol. The summed E-state index contributed by atoms with van der Waals surface area (Å²) in [7, 11) is 3.02. The maximum Gasteiger partial charge on any atom is 0.417 e. The van der Waals surface area contributed by atoms with Crippen LogP contribution in [-0.2, 0) is 6.18 Å². The summed E-state index contributed by atoms with van der Waals surface area (Å²) in [5, 5.41) is 6.06. The third-order valence-corrected chi connectivity index (χ3v) is 5.87. The van der Waals surface area contributed by atoms with Crippen molar-refractivity contribution in [3.8, 4) is 22.6 Å². The van der Waals surface area contributed by atoms with E-state index in [1.54, 1.807) is 24.3 Å². The highest BCUT2D eigenvalue weighted by Gasteiger charge is 2.33. The van der Waals surface area contributed by atoms with Crippen LogP contribution in [0.3, 0.4) is 0 Å². The summed E-state index contributed by atoms with van der Waals surface area (Å²) in [6.45, 7) is 0. The molecule has 6 nitrogen and oxygen atoms in total. The summed E-state index contributed by atoms with van der Waals surface area (Å²) >= 11 is 0. The summed E-state index contributed by atoms with van der Waals surface area (Å²) in [6.07, 6.45) is -0.434. The highest BCUT2D eigenvalue weighted by atomic mass is 19.4. The van der Waals surface area contributed by atoms with Crippen molar-refractivity contribution >= 4 is 29.6 Å². The molecule has 1 aliphatic rings. The van der Waals surface area contributed by atoms with Gasteiger partial charge in [-0.25, -0.2) is 14.4 Å². The normalized spacial score (nSPS) is 12.2. The number of halogens is 4. The molecule has 2 heterocycles. The molecular formula is C27H20F4N4O2. The molecular weight excluding hydrogens is 488 g/mol. The lowest BCUT2D eigenvalue weighted by Gasteiger charge is -2.12. The first-order chi connectivity index (χ1) is 17.8. The van der Waals surface area contributed by atoms with Gasteiger partial charge >= 0.3 is 6.18 Å². The largest absolute Gasteiger partial charge is 0.493 e. The van der Waals surface area contributed by atoms with Crippen LogP contribution in [-0.4, -0.2) is 24.2 Å². The van der Waals surface area contributed by atoms with Gasteiger partial charge in [0.1, 0.15) is 5.82 Å². The molecule has 10 heteroatoms. The molecule has 5 rings (SSSR count). The van der Waals surface area contributed by atoms with E-state index in [1.807, 2.05) is 0 Å². The number of aromatic nitrogens is 2. The van der Waals surface area contributed by atoms with E-state index in [1.165, 1.54) is 57.0 Å². The van der Waals surface area contributed by atoms with Crippen LogP contribution in [0.15, 0.2) is 60.8 Å². The molecule has 0 bridgehead atoms. The van der Waals surface area contributed by atoms with E-state index >= 15 is 0 Å². The van der Waals surface area contributed by atoms with Gasteiger partial charge in [0.2, 0.25) is 5.95 Å². The number of rotatable bonds is 5. The molecule has 0 saturated carbocycles. The molecule has 2 N–H and O–H groups in total. The minimum atomic E-state index is -4.64. The van der Waals surface area contributed by atoms with Gasteiger partial charge in [0.25, 0.3) is 0 Å². The Morgan fingerprint density at radius 2 is 1.68 bits per heavy atom. The number of alkyl halides is 3. The first-order valence-corrected chi connectivity index (χ1v) is 11.1. The Morgan fingerprint density at radius 1 is 0.892 bits per heavy atom. The number of methoxy groups -OCH3 is 2. The second-order valence-electron chi connectivity index (χ2n) is 8.09. The topological polar surface area (TPSA) is 68.3 Å². The van der Waals surface area contributed by atoms with Crippen molar-refractivity contribution in [3.63, 3.8) is 0 Å². The maximum atomic E-state index is 14.6. The van der Waals surface area contributed by atoms with Gasteiger partial charge in [-0.2, -0.15) is 13.2 Å². The van der Waals surface area contributed by atoms with Crippen LogP contribution in [0, 0.1) is 5.82 Å². The summed E-state index contributed by atoms with van der Waals surface area (Å²) < 4.78 is 67.1. The van der Waals surface area contributed by atoms with Crippen LogP contribution in [0.4, 0.5) is 34.9 Å². The van der Waals surface area contributed by atoms with Crippen molar-refractivity contribution in [2.45, 2.75) is 6.18 Å². The molecule has 0 radical (unpaired) electrons. The molecule has 0 saturated heterocycles. The second-order valence-corrected chi connectivity index (χ2v) is 8.09. The van der Waals surface area contributed by atoms with Crippen molar-refractivity contribution < 1.29 is 27.0 Å².